The summed E-state index contributed by atoms with van der Waals surface area (Å²) in [6, 6.07) is 66.1. The summed E-state index contributed by atoms with van der Waals surface area (Å²) in [5.41, 5.74) is 18.1. The van der Waals surface area contributed by atoms with Crippen LogP contribution in [0.25, 0.3) is 98.4 Å². The number of hydrogen-bond acceptors (Lipinski definition) is 2. The van der Waals surface area contributed by atoms with E-state index in [0.29, 0.717) is 0 Å². The molecule has 0 saturated heterocycles. The average molecular weight is 754 g/mol. The molecule has 59 heavy (non-hydrogen) atoms. The number of benzene rings is 9. The number of pyridine rings is 1. The summed E-state index contributed by atoms with van der Waals surface area (Å²) in [6.07, 6.45) is 10.7. The monoisotopic (exact) mass is 753 g/mol. The molecular weight excluding hydrogens is 715 g/mol. The number of rotatable bonds is 7. The van der Waals surface area contributed by atoms with Gasteiger partial charge in [-0.25, -0.2) is 0 Å². The van der Waals surface area contributed by atoms with Gasteiger partial charge in [-0.1, -0.05) is 146 Å². The molecule has 2 heterocycles. The van der Waals surface area contributed by atoms with E-state index in [1.165, 1.54) is 81.8 Å². The molecule has 3 heteroatoms. The minimum Gasteiger partial charge on any atom is -0.404 e. The molecule has 278 valence electrons. The molecule has 2 N–H and O–H groups in total. The van der Waals surface area contributed by atoms with Crippen molar-refractivity contribution in [1.82, 2.24) is 9.55 Å². The maximum Gasteiger partial charge on any atom is 0.0571 e. The Labute approximate surface area is 342 Å². The standard InChI is InChI=1S/C56H39N3/c57-35-45(16-10-11-37-21-28-53-50(31-37)52-36-58-30-29-54(52)59(53)46-17-2-1-3-18-46)42-26-27-49-51(34-42)56(44-25-23-39-13-5-7-15-41(39)33-44)48-20-9-8-19-47(48)55(49)43-24-22-38-12-4-6-14-40(38)32-43/h1-10,12-36H,11,57H2/b16-10-,45-35+. The van der Waals surface area contributed by atoms with Crippen molar-refractivity contribution in [1.29, 1.82) is 0 Å². The first-order valence-corrected chi connectivity index (χ1v) is 20.2. The Balaban J connectivity index is 1.03. The van der Waals surface area contributed by atoms with Gasteiger partial charge in [0.05, 0.1) is 11.0 Å². The summed E-state index contributed by atoms with van der Waals surface area (Å²) in [6.45, 7) is 0. The van der Waals surface area contributed by atoms with E-state index in [4.69, 9.17) is 5.73 Å². The van der Waals surface area contributed by atoms with Gasteiger partial charge in [0.25, 0.3) is 0 Å². The third-order valence-corrected chi connectivity index (χ3v) is 11.9. The molecule has 0 aliphatic rings. The van der Waals surface area contributed by atoms with Crippen LogP contribution in [0.1, 0.15) is 11.1 Å². The molecule has 11 aromatic rings. The molecule has 0 fully saturated rings. The zero-order valence-corrected chi connectivity index (χ0v) is 32.4. The van der Waals surface area contributed by atoms with E-state index in [1.807, 2.05) is 12.4 Å². The third kappa shape index (κ3) is 5.95. The largest absolute Gasteiger partial charge is 0.404 e. The zero-order valence-electron chi connectivity index (χ0n) is 32.4. The SMILES string of the molecule is N/C=C(\C=C/Cc1ccc2c(c1)c1cnccc1n2-c1ccccc1)c1ccc2c(-c3ccc4ccccc4c3)c3ccccc3c(-c3ccc4ccccc4c3)c2c1. The molecule has 0 unspecified atom stereocenters. The average Bonchev–Trinajstić information content (AvgIpc) is 3.63. The van der Waals surface area contributed by atoms with E-state index >= 15 is 0 Å². The first-order valence-electron chi connectivity index (χ1n) is 20.2. The van der Waals surface area contributed by atoms with Crippen molar-refractivity contribution in [3.8, 4) is 27.9 Å². The Morgan fingerprint density at radius 3 is 1.80 bits per heavy atom. The van der Waals surface area contributed by atoms with Gasteiger partial charge in [0.2, 0.25) is 0 Å². The fourth-order valence-corrected chi connectivity index (χ4v) is 9.14. The number of allylic oxidation sites excluding steroid dienone is 3. The van der Waals surface area contributed by atoms with Crippen molar-refractivity contribution < 1.29 is 0 Å². The fourth-order valence-electron chi connectivity index (χ4n) is 9.14. The molecule has 11 rings (SSSR count). The van der Waals surface area contributed by atoms with Crippen molar-refractivity contribution in [3.63, 3.8) is 0 Å². The maximum atomic E-state index is 6.48. The lowest BCUT2D eigenvalue weighted by Crippen LogP contribution is -1.94. The number of fused-ring (bicyclic) bond motifs is 7. The van der Waals surface area contributed by atoms with Crippen LogP contribution >= 0.6 is 0 Å². The lowest BCUT2D eigenvalue weighted by atomic mass is 9.84. The van der Waals surface area contributed by atoms with Gasteiger partial charge in [-0.05, 0) is 137 Å². The van der Waals surface area contributed by atoms with Crippen LogP contribution in [0.2, 0.25) is 0 Å². The van der Waals surface area contributed by atoms with Crippen LogP contribution in [0.15, 0.2) is 213 Å². The number of nitrogens with two attached hydrogens (primary N) is 1. The second-order valence-corrected chi connectivity index (χ2v) is 15.3. The smallest absolute Gasteiger partial charge is 0.0571 e. The molecule has 0 aliphatic carbocycles. The second kappa shape index (κ2) is 14.3. The Hall–Kier alpha value is -7.75. The summed E-state index contributed by atoms with van der Waals surface area (Å²) >= 11 is 0. The van der Waals surface area contributed by atoms with Crippen LogP contribution in [-0.2, 0) is 6.42 Å². The third-order valence-electron chi connectivity index (χ3n) is 11.9. The van der Waals surface area contributed by atoms with Crippen molar-refractivity contribution in [2.45, 2.75) is 6.42 Å². The van der Waals surface area contributed by atoms with Crippen molar-refractivity contribution >= 4 is 70.5 Å². The summed E-state index contributed by atoms with van der Waals surface area (Å²) < 4.78 is 2.32. The van der Waals surface area contributed by atoms with E-state index in [1.54, 1.807) is 6.20 Å². The van der Waals surface area contributed by atoms with E-state index < -0.39 is 0 Å². The Morgan fingerprint density at radius 2 is 1.10 bits per heavy atom. The van der Waals surface area contributed by atoms with Crippen LogP contribution in [-0.4, -0.2) is 9.55 Å². The minimum absolute atomic E-state index is 0.762. The first-order chi connectivity index (χ1) is 29.2. The summed E-state index contributed by atoms with van der Waals surface area (Å²) in [5.74, 6) is 0. The fraction of sp³-hybridized carbons (Fsp3) is 0.0179. The Morgan fingerprint density at radius 1 is 0.492 bits per heavy atom. The van der Waals surface area contributed by atoms with Crippen LogP contribution in [0, 0.1) is 0 Å². The predicted molar refractivity (Wildman–Crippen MR) is 251 cm³/mol. The molecule has 2 aromatic heterocycles. The van der Waals surface area contributed by atoms with E-state index in [9.17, 15) is 0 Å². The van der Waals surface area contributed by atoms with Crippen molar-refractivity contribution in [2.75, 3.05) is 0 Å². The van der Waals surface area contributed by atoms with Gasteiger partial charge in [0.15, 0.2) is 0 Å². The van der Waals surface area contributed by atoms with Gasteiger partial charge in [-0.15, -0.1) is 0 Å². The molecule has 0 aliphatic heterocycles. The molecule has 0 saturated carbocycles. The van der Waals surface area contributed by atoms with Crippen LogP contribution in [0.3, 0.4) is 0 Å². The van der Waals surface area contributed by atoms with Gasteiger partial charge < -0.3 is 10.3 Å². The zero-order chi connectivity index (χ0) is 39.3. The number of hydrogen-bond donors (Lipinski definition) is 1. The van der Waals surface area contributed by atoms with E-state index in [2.05, 4.69) is 204 Å². The highest BCUT2D eigenvalue weighted by atomic mass is 15.0. The minimum atomic E-state index is 0.762. The van der Waals surface area contributed by atoms with Crippen LogP contribution in [0.4, 0.5) is 0 Å². The number of nitrogens with zero attached hydrogens (tertiary/aromatic N) is 2. The Bertz CT molecular complexity index is 3480. The molecule has 9 aromatic carbocycles. The highest BCUT2D eigenvalue weighted by Gasteiger charge is 2.19. The predicted octanol–water partition coefficient (Wildman–Crippen LogP) is 14.2. The lowest BCUT2D eigenvalue weighted by Gasteiger charge is -2.19. The molecule has 0 amide bonds. The van der Waals surface area contributed by atoms with Gasteiger partial charge in [0.1, 0.15) is 0 Å². The molecule has 0 spiro atoms. The maximum absolute atomic E-state index is 6.48. The number of aromatic nitrogens is 2. The summed E-state index contributed by atoms with van der Waals surface area (Å²) in [7, 11) is 0. The first kappa shape index (κ1) is 34.5. The van der Waals surface area contributed by atoms with E-state index in [0.717, 1.165) is 34.1 Å². The van der Waals surface area contributed by atoms with Crippen LogP contribution in [0.5, 0.6) is 0 Å². The molecule has 3 nitrogen and oxygen atoms in total. The molecular formula is C56H39N3. The van der Waals surface area contributed by atoms with Gasteiger partial charge in [-0.2, -0.15) is 0 Å². The summed E-state index contributed by atoms with van der Waals surface area (Å²) in [5, 5.41) is 12.1. The van der Waals surface area contributed by atoms with Gasteiger partial charge in [0, 0.05) is 35.1 Å². The normalized spacial score (nSPS) is 12.2. The Kier molecular flexibility index (Phi) is 8.37. The second-order valence-electron chi connectivity index (χ2n) is 15.3. The number of para-hydroxylation sites is 1. The quantitative estimate of drug-likeness (QED) is 0.130. The molecule has 0 bridgehead atoms. The topological polar surface area (TPSA) is 43.8 Å². The van der Waals surface area contributed by atoms with Crippen molar-refractivity contribution in [2.24, 2.45) is 5.73 Å². The molecule has 0 atom stereocenters. The highest BCUT2D eigenvalue weighted by molar-refractivity contribution is 6.22. The van der Waals surface area contributed by atoms with Gasteiger partial charge in [-0.3, -0.25) is 4.98 Å². The highest BCUT2D eigenvalue weighted by Crippen LogP contribution is 2.45. The van der Waals surface area contributed by atoms with Crippen molar-refractivity contribution in [3.05, 3.63) is 224 Å². The van der Waals surface area contributed by atoms with E-state index in [-0.39, 0.29) is 0 Å². The lowest BCUT2D eigenvalue weighted by molar-refractivity contribution is 1.17. The molecule has 0 radical (unpaired) electrons. The van der Waals surface area contributed by atoms with Gasteiger partial charge >= 0.3 is 0 Å². The van der Waals surface area contributed by atoms with Crippen LogP contribution < -0.4 is 5.73 Å². The summed E-state index contributed by atoms with van der Waals surface area (Å²) in [4.78, 5) is 4.49.